The molecule has 6 heteroatoms. The fraction of sp³-hybridized carbons (Fsp3) is 0.750. The van der Waals surface area contributed by atoms with Crippen LogP contribution in [0.2, 0.25) is 0 Å². The summed E-state index contributed by atoms with van der Waals surface area (Å²) in [4.78, 5) is 22.0. The number of thiophene rings is 1. The normalized spacial score (nSPS) is 27.3. The third-order valence-corrected chi connectivity index (χ3v) is 7.50. The highest BCUT2D eigenvalue weighted by Gasteiger charge is 2.45. The van der Waals surface area contributed by atoms with Gasteiger partial charge in [-0.15, -0.1) is 11.3 Å². The van der Waals surface area contributed by atoms with Gasteiger partial charge in [-0.05, 0) is 50.8 Å². The van der Waals surface area contributed by atoms with E-state index in [1.165, 1.54) is 24.4 Å². The first-order valence-electron chi connectivity index (χ1n) is 9.91. The third-order valence-electron chi connectivity index (χ3n) is 6.51. The number of morpholine rings is 1. The highest BCUT2D eigenvalue weighted by molar-refractivity contribution is 7.13. The molecular weight excluding hydrogens is 346 g/mol. The van der Waals surface area contributed by atoms with Crippen LogP contribution in [-0.2, 0) is 4.74 Å². The zero-order valence-electron chi connectivity index (χ0n) is 16.1. The molecule has 0 radical (unpaired) electrons. The summed E-state index contributed by atoms with van der Waals surface area (Å²) in [6.45, 7) is 10.1. The van der Waals surface area contributed by atoms with Crippen molar-refractivity contribution in [2.45, 2.75) is 32.2 Å². The molecule has 4 heterocycles. The Morgan fingerprint density at radius 2 is 1.96 bits per heavy atom. The fourth-order valence-corrected chi connectivity index (χ4v) is 5.75. The van der Waals surface area contributed by atoms with Crippen molar-refractivity contribution in [3.63, 3.8) is 0 Å². The molecule has 3 fully saturated rings. The molecule has 1 aromatic rings. The number of hydrogen-bond donors (Lipinski definition) is 0. The van der Waals surface area contributed by atoms with Crippen LogP contribution in [0.4, 0.5) is 0 Å². The first-order valence-corrected chi connectivity index (χ1v) is 10.7. The summed E-state index contributed by atoms with van der Waals surface area (Å²) in [6, 6.07) is 4.68. The first kappa shape index (κ1) is 18.4. The molecule has 0 aliphatic carbocycles. The van der Waals surface area contributed by atoms with E-state index in [0.29, 0.717) is 11.5 Å². The Labute approximate surface area is 160 Å². The van der Waals surface area contributed by atoms with Crippen LogP contribution in [0.3, 0.4) is 0 Å². The Balaban J connectivity index is 1.32. The van der Waals surface area contributed by atoms with Crippen LogP contribution >= 0.6 is 11.3 Å². The highest BCUT2D eigenvalue weighted by atomic mass is 32.1. The first-order chi connectivity index (χ1) is 12.5. The Morgan fingerprint density at radius 1 is 1.23 bits per heavy atom. The maximum absolute atomic E-state index is 12.7. The van der Waals surface area contributed by atoms with Gasteiger partial charge in [0.25, 0.3) is 5.91 Å². The molecule has 1 atom stereocenters. The molecule has 26 heavy (non-hydrogen) atoms. The molecule has 0 bridgehead atoms. The Morgan fingerprint density at radius 3 is 2.62 bits per heavy atom. The SMILES string of the molecule is Cc1ccc(C(=O)N2CCC3(CC2)CC(CN2CCOCC2)N(C)C3)s1. The number of likely N-dealkylation sites (N-methyl/N-ethyl adjacent to an activating group) is 1. The van der Waals surface area contributed by atoms with Crippen molar-refractivity contribution >= 4 is 17.2 Å². The van der Waals surface area contributed by atoms with Crippen molar-refractivity contribution in [3.8, 4) is 0 Å². The predicted molar refractivity (Wildman–Crippen MR) is 105 cm³/mol. The summed E-state index contributed by atoms with van der Waals surface area (Å²) in [5.41, 5.74) is 0.411. The fourth-order valence-electron chi connectivity index (χ4n) is 4.92. The van der Waals surface area contributed by atoms with Gasteiger partial charge >= 0.3 is 0 Å². The molecule has 5 nitrogen and oxygen atoms in total. The lowest BCUT2D eigenvalue weighted by molar-refractivity contribution is 0.0283. The zero-order chi connectivity index (χ0) is 18.1. The summed E-state index contributed by atoms with van der Waals surface area (Å²) in [5.74, 6) is 0.231. The van der Waals surface area contributed by atoms with Gasteiger partial charge in [0.05, 0.1) is 18.1 Å². The number of likely N-dealkylation sites (tertiary alicyclic amines) is 2. The average molecular weight is 378 g/mol. The maximum Gasteiger partial charge on any atom is 0.263 e. The molecule has 1 amide bonds. The minimum absolute atomic E-state index is 0.231. The van der Waals surface area contributed by atoms with Crippen LogP contribution in [0, 0.1) is 12.3 Å². The average Bonchev–Trinajstić information content (AvgIpc) is 3.20. The number of carbonyl (C=O) groups excluding carboxylic acids is 1. The molecule has 144 valence electrons. The topological polar surface area (TPSA) is 36.0 Å². The van der Waals surface area contributed by atoms with Gasteiger partial charge in [0, 0.05) is 50.2 Å². The molecular formula is C20H31N3O2S. The summed E-state index contributed by atoms with van der Waals surface area (Å²) in [7, 11) is 2.28. The number of hydrogen-bond acceptors (Lipinski definition) is 5. The van der Waals surface area contributed by atoms with Crippen molar-refractivity contribution in [1.82, 2.24) is 14.7 Å². The van der Waals surface area contributed by atoms with Crippen molar-refractivity contribution in [2.24, 2.45) is 5.41 Å². The van der Waals surface area contributed by atoms with Crippen molar-refractivity contribution < 1.29 is 9.53 Å². The number of amides is 1. The van der Waals surface area contributed by atoms with Crippen LogP contribution < -0.4 is 0 Å². The number of carbonyl (C=O) groups is 1. The maximum atomic E-state index is 12.7. The number of aryl methyl sites for hydroxylation is 1. The number of rotatable bonds is 3. The molecule has 0 aromatic carbocycles. The number of nitrogens with zero attached hydrogens (tertiary/aromatic N) is 3. The highest BCUT2D eigenvalue weighted by Crippen LogP contribution is 2.43. The second kappa shape index (κ2) is 7.58. The van der Waals surface area contributed by atoms with E-state index in [9.17, 15) is 4.79 Å². The van der Waals surface area contributed by atoms with Gasteiger partial charge in [-0.25, -0.2) is 0 Å². The van der Waals surface area contributed by atoms with Crippen LogP contribution in [0.5, 0.6) is 0 Å². The second-order valence-electron chi connectivity index (χ2n) is 8.39. The van der Waals surface area contributed by atoms with E-state index in [1.54, 1.807) is 11.3 Å². The van der Waals surface area contributed by atoms with Gasteiger partial charge in [0.15, 0.2) is 0 Å². The van der Waals surface area contributed by atoms with Crippen LogP contribution in [-0.4, -0.2) is 86.2 Å². The van der Waals surface area contributed by atoms with Gasteiger partial charge in [0.2, 0.25) is 0 Å². The molecule has 0 saturated carbocycles. The molecule has 1 unspecified atom stereocenters. The van der Waals surface area contributed by atoms with E-state index in [0.717, 1.165) is 57.1 Å². The minimum atomic E-state index is 0.231. The van der Waals surface area contributed by atoms with E-state index in [2.05, 4.69) is 28.7 Å². The summed E-state index contributed by atoms with van der Waals surface area (Å²) < 4.78 is 5.48. The quantitative estimate of drug-likeness (QED) is 0.810. The zero-order valence-corrected chi connectivity index (χ0v) is 16.9. The van der Waals surface area contributed by atoms with E-state index in [-0.39, 0.29) is 5.91 Å². The summed E-state index contributed by atoms with van der Waals surface area (Å²) in [5, 5.41) is 0. The number of piperidine rings is 1. The molecule has 1 spiro atoms. The van der Waals surface area contributed by atoms with Crippen LogP contribution in [0.15, 0.2) is 12.1 Å². The summed E-state index contributed by atoms with van der Waals surface area (Å²) >= 11 is 1.62. The Kier molecular flexibility index (Phi) is 5.37. The van der Waals surface area contributed by atoms with Crippen molar-refractivity contribution in [1.29, 1.82) is 0 Å². The van der Waals surface area contributed by atoms with Gasteiger partial charge < -0.3 is 14.5 Å². The molecule has 3 aliphatic rings. The predicted octanol–water partition coefficient (Wildman–Crippen LogP) is 2.32. The van der Waals surface area contributed by atoms with Crippen LogP contribution in [0.1, 0.15) is 33.8 Å². The lowest BCUT2D eigenvalue weighted by Crippen LogP contribution is -2.44. The molecule has 0 N–H and O–H groups in total. The van der Waals surface area contributed by atoms with E-state index in [1.807, 2.05) is 12.1 Å². The standard InChI is InChI=1S/C20H31N3O2S/c1-16-3-4-18(26-16)19(24)23-7-5-20(6-8-23)13-17(21(2)15-20)14-22-9-11-25-12-10-22/h3-4,17H,5-15H2,1-2H3. The minimum Gasteiger partial charge on any atom is -0.379 e. The van der Waals surface area contributed by atoms with E-state index >= 15 is 0 Å². The van der Waals surface area contributed by atoms with E-state index in [4.69, 9.17) is 4.74 Å². The monoisotopic (exact) mass is 377 g/mol. The van der Waals surface area contributed by atoms with Crippen molar-refractivity contribution in [3.05, 3.63) is 21.9 Å². The Bertz CT molecular complexity index is 633. The largest absolute Gasteiger partial charge is 0.379 e. The van der Waals surface area contributed by atoms with Crippen molar-refractivity contribution in [2.75, 3.05) is 59.5 Å². The second-order valence-corrected chi connectivity index (χ2v) is 9.68. The van der Waals surface area contributed by atoms with Crippen LogP contribution in [0.25, 0.3) is 0 Å². The summed E-state index contributed by atoms with van der Waals surface area (Å²) in [6.07, 6.45) is 3.57. The van der Waals surface area contributed by atoms with E-state index < -0.39 is 0 Å². The van der Waals surface area contributed by atoms with Gasteiger partial charge in [-0.1, -0.05) is 0 Å². The molecule has 3 aliphatic heterocycles. The molecule has 4 rings (SSSR count). The third kappa shape index (κ3) is 3.84. The molecule has 3 saturated heterocycles. The van der Waals surface area contributed by atoms with Gasteiger partial charge in [-0.2, -0.15) is 0 Å². The Hall–Kier alpha value is -0.950. The molecule has 1 aromatic heterocycles. The number of ether oxygens (including phenoxy) is 1. The lowest BCUT2D eigenvalue weighted by atomic mass is 9.76. The lowest BCUT2D eigenvalue weighted by Gasteiger charge is -2.39. The van der Waals surface area contributed by atoms with Gasteiger partial charge in [0.1, 0.15) is 0 Å². The van der Waals surface area contributed by atoms with Gasteiger partial charge in [-0.3, -0.25) is 9.69 Å². The smallest absolute Gasteiger partial charge is 0.263 e.